The zero-order valence-corrected chi connectivity index (χ0v) is 30.5. The number of piperazine rings is 1. The molecule has 8 nitrogen and oxygen atoms in total. The molecular formula is C36H50ClN5O3S. The third kappa shape index (κ3) is 7.47. The number of carbonyl (C=O) groups excluding carboxylic acids is 2. The quantitative estimate of drug-likeness (QED) is 0.243. The maximum absolute atomic E-state index is 13.7. The third-order valence-corrected chi connectivity index (χ3v) is 10.1. The number of hydrogen-bond donors (Lipinski definition) is 0. The average Bonchev–Trinajstić information content (AvgIpc) is 3.49. The van der Waals surface area contributed by atoms with Crippen molar-refractivity contribution in [2.75, 3.05) is 42.5 Å². The summed E-state index contributed by atoms with van der Waals surface area (Å²) in [5, 5.41) is 1.86. The van der Waals surface area contributed by atoms with Crippen molar-refractivity contribution in [2.45, 2.75) is 98.9 Å². The molecule has 10 heteroatoms. The topological polar surface area (TPSA) is 69.2 Å². The molecule has 1 aromatic heterocycles. The Bertz CT molecular complexity index is 1580. The molecule has 2 aromatic carbocycles. The standard InChI is InChI=1S/C36H50ClN5O3S/c1-24(45-33(44)42(35(5,6)7)36(8,9)23-34(2,3)4)41-29-22-28(37)25(20-26(29)21-31(41)43)14-15-39-16-18-40(19-17-39)32-27-12-10-11-13-30(27)46-38-32/h10-13,20,22,24H,14-19,21,23H2,1-9H3. The number of ether oxygens (including phenoxy) is 1. The number of anilines is 2. The predicted molar refractivity (Wildman–Crippen MR) is 190 cm³/mol. The maximum atomic E-state index is 13.7. The van der Waals surface area contributed by atoms with E-state index in [1.807, 2.05) is 31.7 Å². The largest absolute Gasteiger partial charge is 0.425 e. The lowest BCUT2D eigenvalue weighted by Gasteiger charge is -2.49. The zero-order valence-electron chi connectivity index (χ0n) is 28.9. The molecule has 0 spiro atoms. The molecule has 0 N–H and O–H groups in total. The van der Waals surface area contributed by atoms with Crippen LogP contribution in [0.2, 0.25) is 5.02 Å². The first-order valence-electron chi connectivity index (χ1n) is 16.4. The number of aromatic nitrogens is 1. The normalized spacial score (nSPS) is 17.0. The number of fused-ring (bicyclic) bond motifs is 2. The van der Waals surface area contributed by atoms with E-state index >= 15 is 0 Å². The summed E-state index contributed by atoms with van der Waals surface area (Å²) in [4.78, 5) is 35.3. The summed E-state index contributed by atoms with van der Waals surface area (Å²) in [5.41, 5.74) is 1.77. The second-order valence-electron chi connectivity index (χ2n) is 15.6. The number of rotatable bonds is 8. The summed E-state index contributed by atoms with van der Waals surface area (Å²) in [6, 6.07) is 12.4. The van der Waals surface area contributed by atoms with E-state index in [0.29, 0.717) is 5.02 Å². The van der Waals surface area contributed by atoms with Gasteiger partial charge < -0.3 is 9.64 Å². The van der Waals surface area contributed by atoms with E-state index in [1.54, 1.807) is 23.4 Å². The van der Waals surface area contributed by atoms with Crippen LogP contribution in [0.15, 0.2) is 36.4 Å². The molecule has 1 saturated heterocycles. The molecule has 2 aliphatic heterocycles. The van der Waals surface area contributed by atoms with Gasteiger partial charge in [-0.3, -0.25) is 19.5 Å². The highest BCUT2D eigenvalue weighted by Gasteiger charge is 2.43. The SMILES string of the molecule is CC(OC(=O)N(C(C)(C)C)C(C)(C)CC(C)(C)C)N1C(=O)Cc2cc(CCN3CCN(c4nsc5ccccc45)CC3)c(Cl)cc21. The van der Waals surface area contributed by atoms with Crippen LogP contribution in [-0.2, 0) is 22.4 Å². The molecule has 0 saturated carbocycles. The Morgan fingerprint density at radius 1 is 1.04 bits per heavy atom. The molecule has 0 bridgehead atoms. The van der Waals surface area contributed by atoms with Gasteiger partial charge in [-0.15, -0.1) is 0 Å². The van der Waals surface area contributed by atoms with Crippen LogP contribution < -0.4 is 9.80 Å². The van der Waals surface area contributed by atoms with Gasteiger partial charge in [-0.05, 0) is 101 Å². The Balaban J connectivity index is 1.22. The number of halogens is 1. The highest BCUT2D eigenvalue weighted by molar-refractivity contribution is 7.13. The molecule has 2 aliphatic rings. The van der Waals surface area contributed by atoms with Crippen LogP contribution in [0.25, 0.3) is 10.1 Å². The Labute approximate surface area is 283 Å². The summed E-state index contributed by atoms with van der Waals surface area (Å²) in [6.07, 6.45) is 0.656. The van der Waals surface area contributed by atoms with Crippen molar-refractivity contribution in [3.8, 4) is 0 Å². The minimum atomic E-state index is -0.774. The molecule has 1 unspecified atom stereocenters. The van der Waals surface area contributed by atoms with E-state index in [4.69, 9.17) is 20.7 Å². The maximum Gasteiger partial charge on any atom is 0.412 e. The first-order chi connectivity index (χ1) is 21.4. The van der Waals surface area contributed by atoms with Gasteiger partial charge in [-0.2, -0.15) is 4.37 Å². The van der Waals surface area contributed by atoms with Gasteiger partial charge in [0.15, 0.2) is 6.23 Å². The van der Waals surface area contributed by atoms with Gasteiger partial charge in [0.05, 0.1) is 16.8 Å². The molecular weight excluding hydrogens is 618 g/mol. The average molecular weight is 668 g/mol. The predicted octanol–water partition coefficient (Wildman–Crippen LogP) is 8.00. The first kappa shape index (κ1) is 34.5. The van der Waals surface area contributed by atoms with Gasteiger partial charge in [-0.25, -0.2) is 4.79 Å². The minimum Gasteiger partial charge on any atom is -0.425 e. The van der Waals surface area contributed by atoms with E-state index < -0.39 is 23.4 Å². The Hall–Kier alpha value is -2.88. The number of carbonyl (C=O) groups is 2. The molecule has 5 rings (SSSR count). The Kier molecular flexibility index (Phi) is 9.71. The number of amides is 2. The van der Waals surface area contributed by atoms with Crippen LogP contribution in [0.4, 0.5) is 16.3 Å². The molecule has 1 atom stereocenters. The molecule has 2 amide bonds. The number of hydrogen-bond acceptors (Lipinski definition) is 7. The fourth-order valence-electron chi connectivity index (χ4n) is 7.62. The fraction of sp³-hybridized carbons (Fsp3) is 0.583. The molecule has 3 aromatic rings. The fourth-order valence-corrected chi connectivity index (χ4v) is 8.66. The summed E-state index contributed by atoms with van der Waals surface area (Å²) < 4.78 is 12.0. The Morgan fingerprint density at radius 2 is 1.72 bits per heavy atom. The van der Waals surface area contributed by atoms with Gasteiger partial charge in [-0.1, -0.05) is 50.6 Å². The minimum absolute atomic E-state index is 0.0163. The number of nitrogens with zero attached hydrogens (tertiary/aromatic N) is 5. The molecule has 0 aliphatic carbocycles. The van der Waals surface area contributed by atoms with Crippen molar-refractivity contribution in [1.82, 2.24) is 14.2 Å². The van der Waals surface area contributed by atoms with Crippen LogP contribution in [0, 0.1) is 5.41 Å². The van der Waals surface area contributed by atoms with Gasteiger partial charge in [0.1, 0.15) is 5.82 Å². The van der Waals surface area contributed by atoms with Gasteiger partial charge in [0, 0.05) is 54.2 Å². The van der Waals surface area contributed by atoms with E-state index in [9.17, 15) is 9.59 Å². The lowest BCUT2D eigenvalue weighted by molar-refractivity contribution is -0.119. The lowest BCUT2D eigenvalue weighted by atomic mass is 9.79. The van der Waals surface area contributed by atoms with E-state index in [2.05, 4.69) is 74.8 Å². The van der Waals surface area contributed by atoms with Crippen molar-refractivity contribution in [3.63, 3.8) is 0 Å². The van der Waals surface area contributed by atoms with Crippen LogP contribution in [0.5, 0.6) is 0 Å². The molecule has 46 heavy (non-hydrogen) atoms. The van der Waals surface area contributed by atoms with Gasteiger partial charge in [0.2, 0.25) is 5.91 Å². The highest BCUT2D eigenvalue weighted by atomic mass is 35.5. The molecule has 3 heterocycles. The van der Waals surface area contributed by atoms with E-state index in [-0.39, 0.29) is 17.7 Å². The third-order valence-electron chi connectivity index (χ3n) is 8.90. The van der Waals surface area contributed by atoms with Crippen LogP contribution in [-0.4, -0.2) is 76.2 Å². The van der Waals surface area contributed by atoms with Crippen LogP contribution in [0.3, 0.4) is 0 Å². The summed E-state index contributed by atoms with van der Waals surface area (Å²) >= 11 is 8.40. The molecule has 250 valence electrons. The highest BCUT2D eigenvalue weighted by Crippen LogP contribution is 2.39. The summed E-state index contributed by atoms with van der Waals surface area (Å²) in [5.74, 6) is 1.00. The second-order valence-corrected chi connectivity index (χ2v) is 16.8. The Morgan fingerprint density at radius 3 is 2.37 bits per heavy atom. The van der Waals surface area contributed by atoms with Gasteiger partial charge in [0.25, 0.3) is 0 Å². The van der Waals surface area contributed by atoms with Crippen molar-refractivity contribution in [3.05, 3.63) is 52.5 Å². The van der Waals surface area contributed by atoms with E-state index in [1.165, 1.54) is 10.1 Å². The number of benzene rings is 2. The first-order valence-corrected chi connectivity index (χ1v) is 17.6. The van der Waals surface area contributed by atoms with Crippen molar-refractivity contribution >= 4 is 56.7 Å². The molecule has 0 radical (unpaired) electrons. The van der Waals surface area contributed by atoms with Crippen molar-refractivity contribution in [1.29, 1.82) is 0 Å². The van der Waals surface area contributed by atoms with Crippen molar-refractivity contribution in [2.24, 2.45) is 5.41 Å². The lowest BCUT2D eigenvalue weighted by Crippen LogP contribution is -2.59. The van der Waals surface area contributed by atoms with Gasteiger partial charge >= 0.3 is 6.09 Å². The van der Waals surface area contributed by atoms with E-state index in [0.717, 1.165) is 68.2 Å². The smallest absolute Gasteiger partial charge is 0.412 e. The summed E-state index contributed by atoms with van der Waals surface area (Å²) in [6.45, 7) is 23.2. The van der Waals surface area contributed by atoms with Crippen molar-refractivity contribution < 1.29 is 14.3 Å². The molecule has 1 fully saturated rings. The zero-order chi connectivity index (χ0) is 33.6. The summed E-state index contributed by atoms with van der Waals surface area (Å²) in [7, 11) is 0. The monoisotopic (exact) mass is 667 g/mol. The second kappa shape index (κ2) is 13.0. The van der Waals surface area contributed by atoms with Crippen LogP contribution in [0.1, 0.15) is 79.9 Å². The van der Waals surface area contributed by atoms with Crippen LogP contribution >= 0.6 is 23.1 Å².